The van der Waals surface area contributed by atoms with Gasteiger partial charge in [-0.1, -0.05) is 42.0 Å². The normalized spacial score (nSPS) is 10.6. The molecule has 0 aliphatic carbocycles. The van der Waals surface area contributed by atoms with Crippen molar-refractivity contribution in [2.24, 2.45) is 0 Å². The molecule has 1 heteroatoms. The first-order chi connectivity index (χ1) is 9.49. The summed E-state index contributed by atoms with van der Waals surface area (Å²) in [6, 6.07) is 12.5. The van der Waals surface area contributed by atoms with Gasteiger partial charge in [-0.3, -0.25) is 4.79 Å². The zero-order valence-electron chi connectivity index (χ0n) is 12.8. The van der Waals surface area contributed by atoms with Gasteiger partial charge >= 0.3 is 0 Å². The number of aryl methyl sites for hydroxylation is 5. The fraction of sp³-hybridized carbons (Fsp3) is 0.316. The Morgan fingerprint density at radius 2 is 1.55 bits per heavy atom. The fourth-order valence-electron chi connectivity index (χ4n) is 2.70. The summed E-state index contributed by atoms with van der Waals surface area (Å²) in [5.41, 5.74) is 6.87. The second-order valence-corrected chi connectivity index (χ2v) is 5.62. The summed E-state index contributed by atoms with van der Waals surface area (Å²) < 4.78 is 0. The van der Waals surface area contributed by atoms with Crippen molar-refractivity contribution >= 4 is 5.78 Å². The molecule has 20 heavy (non-hydrogen) atoms. The average Bonchev–Trinajstić information content (AvgIpc) is 2.39. The van der Waals surface area contributed by atoms with Crippen LogP contribution in [0.3, 0.4) is 0 Å². The van der Waals surface area contributed by atoms with Crippen molar-refractivity contribution in [3.63, 3.8) is 0 Å². The molecule has 0 aromatic heterocycles. The van der Waals surface area contributed by atoms with Crippen molar-refractivity contribution in [2.45, 2.75) is 40.5 Å². The maximum Gasteiger partial charge on any atom is 0.163 e. The number of ketones is 1. The summed E-state index contributed by atoms with van der Waals surface area (Å²) in [5.74, 6) is 0.251. The molecule has 0 heterocycles. The van der Waals surface area contributed by atoms with Crippen LogP contribution in [0.4, 0.5) is 0 Å². The van der Waals surface area contributed by atoms with Crippen LogP contribution in [-0.4, -0.2) is 5.78 Å². The third-order valence-electron chi connectivity index (χ3n) is 3.89. The maximum atomic E-state index is 12.5. The summed E-state index contributed by atoms with van der Waals surface area (Å²) in [6.45, 7) is 8.23. The number of carbonyl (C=O) groups is 1. The number of hydrogen-bond acceptors (Lipinski definition) is 1. The van der Waals surface area contributed by atoms with Crippen LogP contribution in [-0.2, 0) is 6.42 Å². The van der Waals surface area contributed by atoms with Crippen molar-refractivity contribution in [3.8, 4) is 0 Å². The van der Waals surface area contributed by atoms with Gasteiger partial charge in [0.15, 0.2) is 5.78 Å². The first kappa shape index (κ1) is 14.5. The van der Waals surface area contributed by atoms with Gasteiger partial charge in [-0.05, 0) is 56.4 Å². The van der Waals surface area contributed by atoms with Crippen LogP contribution in [0, 0.1) is 27.7 Å². The van der Waals surface area contributed by atoms with Crippen LogP contribution in [0.2, 0.25) is 0 Å². The molecule has 0 aliphatic rings. The molecule has 0 aliphatic heterocycles. The molecular weight excluding hydrogens is 244 g/mol. The first-order valence-corrected chi connectivity index (χ1v) is 7.14. The highest BCUT2D eigenvalue weighted by molar-refractivity contribution is 5.98. The van der Waals surface area contributed by atoms with Crippen LogP contribution in [0.25, 0.3) is 0 Å². The Labute approximate surface area is 121 Å². The third kappa shape index (κ3) is 3.16. The summed E-state index contributed by atoms with van der Waals surface area (Å²) in [4.78, 5) is 12.5. The van der Waals surface area contributed by atoms with Crippen LogP contribution in [0.15, 0.2) is 36.4 Å². The SMILES string of the molecule is Cc1ccc(C)c(CCC(=O)c2c(C)cccc2C)c1. The van der Waals surface area contributed by atoms with E-state index in [2.05, 4.69) is 32.0 Å². The molecule has 2 rings (SSSR count). The summed E-state index contributed by atoms with van der Waals surface area (Å²) in [5, 5.41) is 0. The molecule has 0 unspecified atom stereocenters. The fourth-order valence-corrected chi connectivity index (χ4v) is 2.70. The molecule has 1 nitrogen and oxygen atoms in total. The molecule has 0 N–H and O–H groups in total. The van der Waals surface area contributed by atoms with Gasteiger partial charge in [0.25, 0.3) is 0 Å². The predicted octanol–water partition coefficient (Wildman–Crippen LogP) is 4.74. The third-order valence-corrected chi connectivity index (χ3v) is 3.89. The minimum atomic E-state index is 0.251. The highest BCUT2D eigenvalue weighted by atomic mass is 16.1. The summed E-state index contributed by atoms with van der Waals surface area (Å²) in [7, 11) is 0. The standard InChI is InChI=1S/C19H22O/c1-13-8-9-14(2)17(12-13)10-11-18(20)19-15(3)6-5-7-16(19)4/h5-9,12H,10-11H2,1-4H3. The van der Waals surface area contributed by atoms with Crippen LogP contribution in [0.5, 0.6) is 0 Å². The molecule has 0 bridgehead atoms. The van der Waals surface area contributed by atoms with Gasteiger partial charge < -0.3 is 0 Å². The van der Waals surface area contributed by atoms with E-state index in [4.69, 9.17) is 0 Å². The highest BCUT2D eigenvalue weighted by Crippen LogP contribution is 2.18. The van der Waals surface area contributed by atoms with E-state index in [-0.39, 0.29) is 5.78 Å². The van der Waals surface area contributed by atoms with E-state index in [1.165, 1.54) is 16.7 Å². The smallest absolute Gasteiger partial charge is 0.163 e. The van der Waals surface area contributed by atoms with Crippen molar-refractivity contribution in [2.75, 3.05) is 0 Å². The van der Waals surface area contributed by atoms with Gasteiger partial charge in [0.1, 0.15) is 0 Å². The second kappa shape index (κ2) is 6.04. The van der Waals surface area contributed by atoms with E-state index >= 15 is 0 Å². The number of rotatable bonds is 4. The Bertz CT molecular complexity index is 618. The van der Waals surface area contributed by atoms with E-state index in [9.17, 15) is 4.79 Å². The Morgan fingerprint density at radius 1 is 0.900 bits per heavy atom. The summed E-state index contributed by atoms with van der Waals surface area (Å²) in [6.07, 6.45) is 1.40. The molecule has 0 atom stereocenters. The van der Waals surface area contributed by atoms with Crippen molar-refractivity contribution in [1.82, 2.24) is 0 Å². The molecule has 0 spiro atoms. The largest absolute Gasteiger partial charge is 0.294 e. The Balaban J connectivity index is 2.15. The molecule has 104 valence electrons. The zero-order valence-corrected chi connectivity index (χ0v) is 12.8. The quantitative estimate of drug-likeness (QED) is 0.731. The number of benzene rings is 2. The van der Waals surface area contributed by atoms with E-state index in [1.807, 2.05) is 32.0 Å². The van der Waals surface area contributed by atoms with Crippen molar-refractivity contribution < 1.29 is 4.79 Å². The van der Waals surface area contributed by atoms with Gasteiger partial charge in [0.2, 0.25) is 0 Å². The van der Waals surface area contributed by atoms with Gasteiger partial charge in [-0.25, -0.2) is 0 Å². The van der Waals surface area contributed by atoms with Crippen LogP contribution >= 0.6 is 0 Å². The zero-order chi connectivity index (χ0) is 14.7. The van der Waals surface area contributed by atoms with E-state index in [0.717, 1.165) is 23.1 Å². The predicted molar refractivity (Wildman–Crippen MR) is 84.5 cm³/mol. The minimum Gasteiger partial charge on any atom is -0.294 e. The lowest BCUT2D eigenvalue weighted by Gasteiger charge is -2.10. The Hall–Kier alpha value is -1.89. The second-order valence-electron chi connectivity index (χ2n) is 5.62. The highest BCUT2D eigenvalue weighted by Gasteiger charge is 2.12. The monoisotopic (exact) mass is 266 g/mol. The molecular formula is C19H22O. The van der Waals surface area contributed by atoms with E-state index in [0.29, 0.717) is 6.42 Å². The van der Waals surface area contributed by atoms with Gasteiger partial charge in [-0.15, -0.1) is 0 Å². The molecule has 0 amide bonds. The van der Waals surface area contributed by atoms with Crippen molar-refractivity contribution in [1.29, 1.82) is 0 Å². The van der Waals surface area contributed by atoms with Gasteiger partial charge in [0, 0.05) is 12.0 Å². The molecule has 0 fully saturated rings. The molecule has 0 radical (unpaired) electrons. The van der Waals surface area contributed by atoms with E-state index in [1.54, 1.807) is 0 Å². The molecule has 0 saturated carbocycles. The van der Waals surface area contributed by atoms with Gasteiger partial charge in [0.05, 0.1) is 0 Å². The summed E-state index contributed by atoms with van der Waals surface area (Å²) >= 11 is 0. The minimum absolute atomic E-state index is 0.251. The maximum absolute atomic E-state index is 12.5. The lowest BCUT2D eigenvalue weighted by Crippen LogP contribution is -2.06. The van der Waals surface area contributed by atoms with Gasteiger partial charge in [-0.2, -0.15) is 0 Å². The molecule has 2 aromatic rings. The van der Waals surface area contributed by atoms with Crippen LogP contribution in [0.1, 0.15) is 44.6 Å². The number of hydrogen-bond donors (Lipinski definition) is 0. The topological polar surface area (TPSA) is 17.1 Å². The molecule has 0 saturated heterocycles. The first-order valence-electron chi connectivity index (χ1n) is 7.14. The van der Waals surface area contributed by atoms with Crippen LogP contribution < -0.4 is 0 Å². The Morgan fingerprint density at radius 3 is 2.20 bits per heavy atom. The lowest BCUT2D eigenvalue weighted by atomic mass is 9.94. The van der Waals surface area contributed by atoms with E-state index < -0.39 is 0 Å². The Kier molecular flexibility index (Phi) is 4.39. The average molecular weight is 266 g/mol. The number of carbonyl (C=O) groups excluding carboxylic acids is 1. The number of Topliss-reactive ketones (excluding diaryl/α,β-unsaturated/α-hetero) is 1. The van der Waals surface area contributed by atoms with Crippen molar-refractivity contribution in [3.05, 3.63) is 69.8 Å². The molecule has 2 aromatic carbocycles. The lowest BCUT2D eigenvalue weighted by molar-refractivity contribution is 0.0981.